The molecule has 124 valence electrons. The van der Waals surface area contributed by atoms with Crippen molar-refractivity contribution in [3.8, 4) is 11.4 Å². The molecular formula is C15H21N5O2S. The van der Waals surface area contributed by atoms with E-state index in [1.54, 1.807) is 15.2 Å². The van der Waals surface area contributed by atoms with Gasteiger partial charge >= 0.3 is 0 Å². The molecule has 1 fully saturated rings. The van der Waals surface area contributed by atoms with Crippen molar-refractivity contribution in [2.24, 2.45) is 7.05 Å². The van der Waals surface area contributed by atoms with Crippen LogP contribution in [0, 0.1) is 6.92 Å². The summed E-state index contributed by atoms with van der Waals surface area (Å²) >= 11 is 0. The summed E-state index contributed by atoms with van der Waals surface area (Å²) in [6, 6.07) is 3.87. The third-order valence-electron chi connectivity index (χ3n) is 4.21. The van der Waals surface area contributed by atoms with E-state index in [0.29, 0.717) is 18.9 Å². The molecule has 1 aliphatic heterocycles. The number of rotatable bonds is 3. The van der Waals surface area contributed by atoms with Crippen LogP contribution < -0.4 is 0 Å². The van der Waals surface area contributed by atoms with Crippen LogP contribution in [0.5, 0.6) is 0 Å². The Bertz CT molecular complexity index is 815. The lowest BCUT2D eigenvalue weighted by Crippen LogP contribution is -2.38. The van der Waals surface area contributed by atoms with Crippen molar-refractivity contribution in [1.29, 1.82) is 0 Å². The van der Waals surface area contributed by atoms with Crippen LogP contribution >= 0.6 is 0 Å². The zero-order valence-electron chi connectivity index (χ0n) is 13.6. The van der Waals surface area contributed by atoms with Gasteiger partial charge in [-0.3, -0.25) is 4.68 Å². The maximum atomic E-state index is 11.8. The molecule has 0 amide bonds. The summed E-state index contributed by atoms with van der Waals surface area (Å²) in [5, 5.41) is 4.18. The second kappa shape index (κ2) is 6.01. The number of aryl methyl sites for hydroxylation is 2. The molecule has 3 rings (SSSR count). The number of sulfonamides is 1. The molecule has 3 heterocycles. The number of nitrogens with zero attached hydrogens (tertiary/aromatic N) is 5. The molecule has 8 heteroatoms. The first kappa shape index (κ1) is 16.1. The Morgan fingerprint density at radius 1 is 1.30 bits per heavy atom. The summed E-state index contributed by atoms with van der Waals surface area (Å²) in [5.74, 6) is 0.794. The Morgan fingerprint density at radius 3 is 2.74 bits per heavy atom. The van der Waals surface area contributed by atoms with Gasteiger partial charge < -0.3 is 0 Å². The van der Waals surface area contributed by atoms with Crippen LogP contribution in [0.2, 0.25) is 0 Å². The highest BCUT2D eigenvalue weighted by atomic mass is 32.2. The first-order valence-electron chi connectivity index (χ1n) is 7.63. The second-order valence-corrected chi connectivity index (χ2v) is 8.01. The fraction of sp³-hybridized carbons (Fsp3) is 0.533. The van der Waals surface area contributed by atoms with E-state index in [9.17, 15) is 8.42 Å². The van der Waals surface area contributed by atoms with E-state index in [4.69, 9.17) is 0 Å². The van der Waals surface area contributed by atoms with E-state index >= 15 is 0 Å². The van der Waals surface area contributed by atoms with Crippen LogP contribution in [0.1, 0.15) is 30.3 Å². The highest BCUT2D eigenvalue weighted by Gasteiger charge is 2.28. The van der Waals surface area contributed by atoms with Crippen LogP contribution in [-0.4, -0.2) is 51.8 Å². The average Bonchev–Trinajstić information content (AvgIpc) is 2.92. The maximum absolute atomic E-state index is 11.8. The van der Waals surface area contributed by atoms with Crippen LogP contribution in [0.3, 0.4) is 0 Å². The summed E-state index contributed by atoms with van der Waals surface area (Å²) in [5.41, 5.74) is 2.65. The minimum absolute atomic E-state index is 0.104. The average molecular weight is 335 g/mol. The number of aromatic nitrogens is 4. The van der Waals surface area contributed by atoms with E-state index < -0.39 is 10.0 Å². The summed E-state index contributed by atoms with van der Waals surface area (Å²) in [4.78, 5) is 9.05. The number of hydrogen-bond donors (Lipinski definition) is 0. The van der Waals surface area contributed by atoms with Crippen LogP contribution in [0.4, 0.5) is 0 Å². The van der Waals surface area contributed by atoms with Crippen LogP contribution in [-0.2, 0) is 17.1 Å². The van der Waals surface area contributed by atoms with E-state index in [1.807, 2.05) is 26.1 Å². The fourth-order valence-corrected chi connectivity index (χ4v) is 3.95. The van der Waals surface area contributed by atoms with Gasteiger partial charge in [-0.05, 0) is 31.9 Å². The Hall–Kier alpha value is -1.80. The van der Waals surface area contributed by atoms with Gasteiger partial charge in [0, 0.05) is 37.9 Å². The first-order valence-corrected chi connectivity index (χ1v) is 9.48. The van der Waals surface area contributed by atoms with Gasteiger partial charge in [0.15, 0.2) is 0 Å². The monoisotopic (exact) mass is 335 g/mol. The lowest BCUT2D eigenvalue weighted by molar-refractivity contribution is 0.314. The SMILES string of the molecule is Cc1nc(-c2ccnn2C)cc(C2CCCN(S(C)(=O)=O)C2)n1. The number of hydrogen-bond acceptors (Lipinski definition) is 5. The molecule has 2 aromatic heterocycles. The Morgan fingerprint density at radius 2 is 2.09 bits per heavy atom. The van der Waals surface area contributed by atoms with Gasteiger partial charge in [-0.2, -0.15) is 5.10 Å². The first-order chi connectivity index (χ1) is 10.8. The van der Waals surface area contributed by atoms with Crippen molar-refractivity contribution in [2.75, 3.05) is 19.3 Å². The molecule has 0 bridgehead atoms. The van der Waals surface area contributed by atoms with Gasteiger partial charge in [0.05, 0.1) is 17.6 Å². The molecule has 0 aromatic carbocycles. The minimum atomic E-state index is -3.16. The maximum Gasteiger partial charge on any atom is 0.211 e. The van der Waals surface area contributed by atoms with Crippen molar-refractivity contribution in [1.82, 2.24) is 24.1 Å². The highest BCUT2D eigenvalue weighted by molar-refractivity contribution is 7.88. The van der Waals surface area contributed by atoms with Gasteiger partial charge in [-0.15, -0.1) is 0 Å². The van der Waals surface area contributed by atoms with E-state index in [-0.39, 0.29) is 5.92 Å². The molecule has 1 saturated heterocycles. The quantitative estimate of drug-likeness (QED) is 0.845. The van der Waals surface area contributed by atoms with E-state index in [1.165, 1.54) is 6.26 Å². The van der Waals surface area contributed by atoms with Crippen molar-refractivity contribution in [3.63, 3.8) is 0 Å². The molecule has 23 heavy (non-hydrogen) atoms. The third kappa shape index (κ3) is 3.42. The third-order valence-corrected chi connectivity index (χ3v) is 5.48. The van der Waals surface area contributed by atoms with Gasteiger partial charge in [0.2, 0.25) is 10.0 Å². The topological polar surface area (TPSA) is 81.0 Å². The van der Waals surface area contributed by atoms with Crippen molar-refractivity contribution >= 4 is 10.0 Å². The summed E-state index contributed by atoms with van der Waals surface area (Å²) < 4.78 is 26.9. The summed E-state index contributed by atoms with van der Waals surface area (Å²) in [6.45, 7) is 2.94. The Labute approximate surface area is 136 Å². The second-order valence-electron chi connectivity index (χ2n) is 6.03. The molecule has 0 radical (unpaired) electrons. The lowest BCUT2D eigenvalue weighted by atomic mass is 9.95. The van der Waals surface area contributed by atoms with E-state index in [0.717, 1.165) is 29.9 Å². The Kier molecular flexibility index (Phi) is 4.20. The summed E-state index contributed by atoms with van der Waals surface area (Å²) in [7, 11) is -1.29. The predicted molar refractivity (Wildman–Crippen MR) is 87.4 cm³/mol. The van der Waals surface area contributed by atoms with Gasteiger partial charge in [0.25, 0.3) is 0 Å². The number of piperidine rings is 1. The fourth-order valence-electron chi connectivity index (χ4n) is 3.04. The molecule has 2 aromatic rings. The zero-order chi connectivity index (χ0) is 16.6. The molecular weight excluding hydrogens is 314 g/mol. The molecule has 0 saturated carbocycles. The normalized spacial score (nSPS) is 19.9. The largest absolute Gasteiger partial charge is 0.266 e. The van der Waals surface area contributed by atoms with Crippen LogP contribution in [0.25, 0.3) is 11.4 Å². The van der Waals surface area contributed by atoms with Crippen LogP contribution in [0.15, 0.2) is 18.3 Å². The molecule has 0 N–H and O–H groups in total. The van der Waals surface area contributed by atoms with Gasteiger partial charge in [-0.1, -0.05) is 0 Å². The molecule has 7 nitrogen and oxygen atoms in total. The molecule has 0 spiro atoms. The summed E-state index contributed by atoms with van der Waals surface area (Å²) in [6.07, 6.45) is 4.79. The smallest absolute Gasteiger partial charge is 0.211 e. The van der Waals surface area contributed by atoms with Crippen molar-refractivity contribution < 1.29 is 8.42 Å². The lowest BCUT2D eigenvalue weighted by Gasteiger charge is -2.30. The minimum Gasteiger partial charge on any atom is -0.266 e. The van der Waals surface area contributed by atoms with Crippen molar-refractivity contribution in [3.05, 3.63) is 29.8 Å². The predicted octanol–water partition coefficient (Wildman–Crippen LogP) is 1.32. The molecule has 0 aliphatic carbocycles. The zero-order valence-corrected chi connectivity index (χ0v) is 14.4. The highest BCUT2D eigenvalue weighted by Crippen LogP contribution is 2.29. The molecule has 1 aliphatic rings. The molecule has 1 atom stereocenters. The van der Waals surface area contributed by atoms with E-state index in [2.05, 4.69) is 15.1 Å². The standard InChI is InChI=1S/C15H21N5O2S/c1-11-17-13(9-14(18-11)15-6-7-16-19(15)2)12-5-4-8-20(10-12)23(3,21)22/h6-7,9,12H,4-5,8,10H2,1-3H3. The van der Waals surface area contributed by atoms with Crippen molar-refractivity contribution in [2.45, 2.75) is 25.7 Å². The Balaban J connectivity index is 1.94. The van der Waals surface area contributed by atoms with Gasteiger partial charge in [-0.25, -0.2) is 22.7 Å². The van der Waals surface area contributed by atoms with Gasteiger partial charge in [0.1, 0.15) is 5.82 Å². The molecule has 1 unspecified atom stereocenters.